The number of pyridine rings is 1. The van der Waals surface area contributed by atoms with Gasteiger partial charge >= 0.3 is 0 Å². The summed E-state index contributed by atoms with van der Waals surface area (Å²) in [4.78, 5) is 38.0. The van der Waals surface area contributed by atoms with Crippen LogP contribution in [0.3, 0.4) is 0 Å². The van der Waals surface area contributed by atoms with Crippen LogP contribution in [0.2, 0.25) is 0 Å². The fourth-order valence-electron chi connectivity index (χ4n) is 7.39. The fraction of sp³-hybridized carbons (Fsp3) is 0.548. The predicted molar refractivity (Wildman–Crippen MR) is 154 cm³/mol. The van der Waals surface area contributed by atoms with Crippen molar-refractivity contribution in [2.75, 3.05) is 29.9 Å². The highest BCUT2D eigenvalue weighted by Gasteiger charge is 2.42. The van der Waals surface area contributed by atoms with Crippen LogP contribution in [-0.4, -0.2) is 45.1 Å². The lowest BCUT2D eigenvalue weighted by atomic mass is 9.92. The zero-order valence-corrected chi connectivity index (χ0v) is 23.0. The van der Waals surface area contributed by atoms with Crippen molar-refractivity contribution >= 4 is 34.1 Å². The molecule has 6 rings (SSSR count). The maximum atomic E-state index is 13.7. The Bertz CT molecular complexity index is 1420. The van der Waals surface area contributed by atoms with Crippen molar-refractivity contribution in [1.82, 2.24) is 14.5 Å². The van der Waals surface area contributed by atoms with Crippen LogP contribution in [0, 0.1) is 24.7 Å². The molecule has 0 radical (unpaired) electrons. The monoisotopic (exact) mass is 529 g/mol. The number of piperidine rings is 1. The number of rotatable bonds is 8. The van der Waals surface area contributed by atoms with Crippen molar-refractivity contribution in [2.45, 2.75) is 71.3 Å². The van der Waals surface area contributed by atoms with E-state index in [1.54, 1.807) is 6.20 Å². The molecule has 3 heterocycles. The Morgan fingerprint density at radius 1 is 1.10 bits per heavy atom. The zero-order chi connectivity index (χ0) is 27.1. The lowest BCUT2D eigenvalue weighted by molar-refractivity contribution is 0.101. The Morgan fingerprint density at radius 3 is 2.51 bits per heavy atom. The molecule has 39 heavy (non-hydrogen) atoms. The average Bonchev–Trinajstić information content (AvgIpc) is 3.57. The number of hydrogen-bond acceptors (Lipinski definition) is 7. The topological polar surface area (TPSA) is 100 Å². The van der Waals surface area contributed by atoms with Gasteiger partial charge in [0.15, 0.2) is 5.78 Å². The fourth-order valence-corrected chi connectivity index (χ4v) is 7.39. The molecule has 3 atom stereocenters. The maximum Gasteiger partial charge on any atom is 0.263 e. The van der Waals surface area contributed by atoms with Gasteiger partial charge in [-0.1, -0.05) is 6.42 Å². The van der Waals surface area contributed by atoms with Gasteiger partial charge in [-0.25, -0.2) is 4.98 Å². The summed E-state index contributed by atoms with van der Waals surface area (Å²) in [5.41, 5.74) is 3.44. The third kappa shape index (κ3) is 4.95. The van der Waals surface area contributed by atoms with E-state index in [1.807, 2.05) is 23.6 Å². The van der Waals surface area contributed by atoms with Crippen LogP contribution >= 0.6 is 0 Å². The summed E-state index contributed by atoms with van der Waals surface area (Å²) in [5.74, 6) is 2.09. The molecule has 3 aliphatic rings. The molecule has 2 aliphatic carbocycles. The number of nitrogens with one attached hydrogen (secondary N) is 1. The molecule has 2 bridgehead atoms. The number of ketones is 1. The van der Waals surface area contributed by atoms with Crippen LogP contribution in [0.4, 0.5) is 17.3 Å². The Kier molecular flexibility index (Phi) is 7.14. The lowest BCUT2D eigenvalue weighted by Crippen LogP contribution is -2.33. The van der Waals surface area contributed by atoms with Gasteiger partial charge in [-0.05, 0) is 106 Å². The first-order chi connectivity index (χ1) is 18.9. The summed E-state index contributed by atoms with van der Waals surface area (Å²) in [7, 11) is 0. The van der Waals surface area contributed by atoms with Gasteiger partial charge in [-0.3, -0.25) is 14.2 Å². The van der Waals surface area contributed by atoms with Gasteiger partial charge in [-0.2, -0.15) is 4.98 Å². The summed E-state index contributed by atoms with van der Waals surface area (Å²) in [6.07, 6.45) is 10.6. The number of Topliss-reactive ketones (excluding diaryl/α,β-unsaturated/α-hetero) is 1. The number of benzene rings is 1. The Balaban J connectivity index is 1.26. The molecule has 2 N–H and O–H groups in total. The highest BCUT2D eigenvalue weighted by Crippen LogP contribution is 2.51. The molecule has 3 fully saturated rings. The van der Waals surface area contributed by atoms with Gasteiger partial charge in [0, 0.05) is 48.7 Å². The summed E-state index contributed by atoms with van der Waals surface area (Å²) >= 11 is 0. The molecule has 1 aromatic carbocycles. The molecule has 8 heteroatoms. The van der Waals surface area contributed by atoms with E-state index in [1.165, 1.54) is 31.9 Å². The quantitative estimate of drug-likeness (QED) is 0.377. The molecule has 1 aliphatic heterocycles. The van der Waals surface area contributed by atoms with Crippen molar-refractivity contribution in [1.29, 1.82) is 0 Å². The number of anilines is 3. The molecular formula is C31H39N5O3. The van der Waals surface area contributed by atoms with Gasteiger partial charge in [0.1, 0.15) is 5.65 Å². The van der Waals surface area contributed by atoms with E-state index >= 15 is 0 Å². The van der Waals surface area contributed by atoms with Crippen LogP contribution in [0.5, 0.6) is 0 Å². The van der Waals surface area contributed by atoms with Gasteiger partial charge in [0.25, 0.3) is 5.56 Å². The minimum absolute atomic E-state index is 0.0901. The predicted octanol–water partition coefficient (Wildman–Crippen LogP) is 5.40. The van der Waals surface area contributed by atoms with Crippen LogP contribution in [0.15, 0.2) is 35.3 Å². The summed E-state index contributed by atoms with van der Waals surface area (Å²) < 4.78 is 1.82. The minimum atomic E-state index is -0.209. The first kappa shape index (κ1) is 26.0. The van der Waals surface area contributed by atoms with Gasteiger partial charge in [0.05, 0.1) is 5.56 Å². The van der Waals surface area contributed by atoms with E-state index in [0.717, 1.165) is 56.3 Å². The van der Waals surface area contributed by atoms with E-state index < -0.39 is 0 Å². The summed E-state index contributed by atoms with van der Waals surface area (Å²) in [5, 5.41) is 13.2. The number of aryl methyl sites for hydroxylation is 1. The number of carbonyl (C=O) groups excluding carboxylic acids is 1. The third-order valence-corrected chi connectivity index (χ3v) is 9.47. The number of aromatic nitrogens is 3. The normalized spacial score (nSPS) is 23.1. The SMILES string of the molecule is CC(=O)c1c(C)c2cnc(Nc3ccc(N4CCC(CCCO)CC4)cc3)nc2n(C2CC3CCC2C3)c1=O. The second kappa shape index (κ2) is 10.7. The molecule has 2 aromatic heterocycles. The lowest BCUT2D eigenvalue weighted by Gasteiger charge is -2.33. The average molecular weight is 530 g/mol. The van der Waals surface area contributed by atoms with E-state index in [2.05, 4.69) is 27.3 Å². The molecular weight excluding hydrogens is 490 g/mol. The van der Waals surface area contributed by atoms with Crippen LogP contribution in [0.25, 0.3) is 11.0 Å². The van der Waals surface area contributed by atoms with Crippen molar-refractivity contribution < 1.29 is 9.90 Å². The molecule has 0 spiro atoms. The smallest absolute Gasteiger partial charge is 0.263 e. The first-order valence-electron chi connectivity index (χ1n) is 14.6. The van der Waals surface area contributed by atoms with E-state index in [-0.39, 0.29) is 29.6 Å². The number of fused-ring (bicyclic) bond motifs is 3. The molecule has 2 saturated carbocycles. The maximum absolute atomic E-state index is 13.7. The van der Waals surface area contributed by atoms with E-state index in [0.29, 0.717) is 34.9 Å². The van der Waals surface area contributed by atoms with Gasteiger partial charge in [-0.15, -0.1) is 0 Å². The van der Waals surface area contributed by atoms with Crippen molar-refractivity contribution in [2.24, 2.45) is 17.8 Å². The van der Waals surface area contributed by atoms with Crippen LogP contribution < -0.4 is 15.8 Å². The minimum Gasteiger partial charge on any atom is -0.396 e. The molecule has 206 valence electrons. The Labute approximate surface area is 229 Å². The number of carbonyl (C=O) groups is 1. The molecule has 0 amide bonds. The second-order valence-electron chi connectivity index (χ2n) is 11.9. The number of nitrogens with zero attached hydrogens (tertiary/aromatic N) is 4. The molecule has 8 nitrogen and oxygen atoms in total. The highest BCUT2D eigenvalue weighted by atomic mass is 16.3. The van der Waals surface area contributed by atoms with Crippen molar-refractivity contribution in [3.05, 3.63) is 51.9 Å². The van der Waals surface area contributed by atoms with Crippen LogP contribution in [-0.2, 0) is 0 Å². The number of hydrogen-bond donors (Lipinski definition) is 2. The Hall–Kier alpha value is -3.26. The molecule has 3 unspecified atom stereocenters. The second-order valence-corrected chi connectivity index (χ2v) is 11.9. The largest absolute Gasteiger partial charge is 0.396 e. The number of aliphatic hydroxyl groups is 1. The first-order valence-corrected chi connectivity index (χ1v) is 14.6. The number of aliphatic hydroxyl groups excluding tert-OH is 1. The Morgan fingerprint density at radius 2 is 1.87 bits per heavy atom. The highest BCUT2D eigenvalue weighted by molar-refractivity contribution is 5.99. The van der Waals surface area contributed by atoms with E-state index in [9.17, 15) is 9.59 Å². The van der Waals surface area contributed by atoms with Crippen molar-refractivity contribution in [3.63, 3.8) is 0 Å². The van der Waals surface area contributed by atoms with Crippen molar-refractivity contribution in [3.8, 4) is 0 Å². The van der Waals surface area contributed by atoms with Gasteiger partial charge in [0.2, 0.25) is 5.95 Å². The van der Waals surface area contributed by atoms with Gasteiger partial charge < -0.3 is 15.3 Å². The molecule has 1 saturated heterocycles. The molecule has 3 aromatic rings. The van der Waals surface area contributed by atoms with E-state index in [4.69, 9.17) is 10.1 Å². The standard InChI is InChI=1S/C31H39N5O3/c1-19-26-18-32-31(33-24-7-9-25(10-8-24)35-13-11-21(12-14-35)4-3-15-37)34-29(26)36(30(39)28(19)20(2)38)27-17-22-5-6-23(27)16-22/h7-10,18,21-23,27,37H,3-6,11-17H2,1-2H3,(H,32,33,34). The van der Waals surface area contributed by atoms with Crippen LogP contribution in [0.1, 0.15) is 80.3 Å². The summed E-state index contributed by atoms with van der Waals surface area (Å²) in [6.45, 7) is 5.67. The summed E-state index contributed by atoms with van der Waals surface area (Å²) in [6, 6.07) is 8.45. The zero-order valence-electron chi connectivity index (χ0n) is 23.0. The third-order valence-electron chi connectivity index (χ3n) is 9.47.